The van der Waals surface area contributed by atoms with E-state index in [0.717, 1.165) is 5.56 Å². The molecule has 0 aliphatic heterocycles. The van der Waals surface area contributed by atoms with Crippen molar-refractivity contribution in [2.75, 3.05) is 17.7 Å². The van der Waals surface area contributed by atoms with Crippen molar-refractivity contribution >= 4 is 46.6 Å². The second-order valence-electron chi connectivity index (χ2n) is 5.28. The first-order chi connectivity index (χ1) is 12.5. The lowest BCUT2D eigenvalue weighted by molar-refractivity contribution is -0.115. The van der Waals surface area contributed by atoms with Gasteiger partial charge in [-0.25, -0.2) is 0 Å². The van der Waals surface area contributed by atoms with Crippen LogP contribution in [0.2, 0.25) is 0 Å². The largest absolute Gasteiger partial charge is 0.496 e. The first kappa shape index (κ1) is 19.1. The van der Waals surface area contributed by atoms with Gasteiger partial charge < -0.3 is 15.4 Å². The third-order valence-electron chi connectivity index (χ3n) is 3.25. The quantitative estimate of drug-likeness (QED) is 0.557. The molecule has 2 aromatic carbocycles. The van der Waals surface area contributed by atoms with Crippen LogP contribution in [-0.2, 0) is 9.59 Å². The summed E-state index contributed by atoms with van der Waals surface area (Å²) in [5.74, 6) is 0.176. The van der Waals surface area contributed by atoms with Crippen LogP contribution in [0.15, 0.2) is 54.6 Å². The predicted octanol–water partition coefficient (Wildman–Crippen LogP) is 3.18. The van der Waals surface area contributed by atoms with Gasteiger partial charge in [-0.15, -0.1) is 0 Å². The first-order valence-corrected chi connectivity index (χ1v) is 8.19. The molecule has 0 saturated carbocycles. The van der Waals surface area contributed by atoms with Gasteiger partial charge >= 0.3 is 0 Å². The van der Waals surface area contributed by atoms with Gasteiger partial charge in [0, 0.05) is 29.9 Å². The van der Waals surface area contributed by atoms with Crippen LogP contribution in [0.5, 0.6) is 5.75 Å². The monoisotopic (exact) mass is 369 g/mol. The summed E-state index contributed by atoms with van der Waals surface area (Å²) >= 11 is 5.12. The molecule has 2 amide bonds. The Balaban J connectivity index is 1.89. The molecular formula is C19H19N3O3S. The van der Waals surface area contributed by atoms with Gasteiger partial charge in [0.2, 0.25) is 11.8 Å². The molecule has 0 bridgehead atoms. The second-order valence-corrected chi connectivity index (χ2v) is 5.69. The van der Waals surface area contributed by atoms with Crippen molar-refractivity contribution in [2.45, 2.75) is 6.92 Å². The summed E-state index contributed by atoms with van der Waals surface area (Å²) in [4.78, 5) is 23.0. The average Bonchev–Trinajstić information content (AvgIpc) is 2.61. The van der Waals surface area contributed by atoms with E-state index in [2.05, 4.69) is 16.0 Å². The summed E-state index contributed by atoms with van der Waals surface area (Å²) in [6, 6.07) is 14.3. The first-order valence-electron chi connectivity index (χ1n) is 7.78. The molecule has 6 nitrogen and oxygen atoms in total. The summed E-state index contributed by atoms with van der Waals surface area (Å²) in [6.45, 7) is 1.44. The van der Waals surface area contributed by atoms with E-state index in [0.29, 0.717) is 17.1 Å². The zero-order valence-corrected chi connectivity index (χ0v) is 15.2. The number of carbonyl (C=O) groups is 2. The molecule has 0 atom stereocenters. The van der Waals surface area contributed by atoms with Gasteiger partial charge in [-0.1, -0.05) is 18.2 Å². The minimum atomic E-state index is -0.358. The summed E-state index contributed by atoms with van der Waals surface area (Å²) in [5.41, 5.74) is 2.16. The van der Waals surface area contributed by atoms with Crippen molar-refractivity contribution in [3.8, 4) is 5.75 Å². The van der Waals surface area contributed by atoms with Gasteiger partial charge in [-0.3, -0.25) is 14.9 Å². The standard InChI is InChI=1S/C19H19N3O3S/c1-13(23)20-15-8-10-16(11-9-15)21-19(26)22-18(24)12-7-14-5-3-4-6-17(14)25-2/h3-12H,1-2H3,(H,20,23)(H2,21,22,24,26)/b12-7+. The van der Waals surface area contributed by atoms with Crippen LogP contribution in [-0.4, -0.2) is 24.0 Å². The number of benzene rings is 2. The van der Waals surface area contributed by atoms with Crippen molar-refractivity contribution in [3.63, 3.8) is 0 Å². The number of anilines is 2. The summed E-state index contributed by atoms with van der Waals surface area (Å²) in [5, 5.41) is 8.31. The molecule has 0 spiro atoms. The third kappa shape index (κ3) is 6.03. The number of hydrogen-bond acceptors (Lipinski definition) is 4. The molecule has 0 radical (unpaired) electrons. The normalized spacial score (nSPS) is 10.2. The van der Waals surface area contributed by atoms with E-state index in [9.17, 15) is 9.59 Å². The van der Waals surface area contributed by atoms with Crippen molar-refractivity contribution in [1.82, 2.24) is 5.32 Å². The maximum absolute atomic E-state index is 12.0. The van der Waals surface area contributed by atoms with Crippen LogP contribution in [0.25, 0.3) is 6.08 Å². The van der Waals surface area contributed by atoms with Crippen molar-refractivity contribution in [2.24, 2.45) is 0 Å². The molecule has 0 aliphatic carbocycles. The Morgan fingerprint density at radius 2 is 1.62 bits per heavy atom. The van der Waals surface area contributed by atoms with Gasteiger partial charge in [0.1, 0.15) is 5.75 Å². The van der Waals surface area contributed by atoms with E-state index in [4.69, 9.17) is 17.0 Å². The summed E-state index contributed by atoms with van der Waals surface area (Å²) in [7, 11) is 1.57. The van der Waals surface area contributed by atoms with Crippen LogP contribution < -0.4 is 20.7 Å². The Morgan fingerprint density at radius 1 is 1.00 bits per heavy atom. The average molecular weight is 369 g/mol. The highest BCUT2D eigenvalue weighted by atomic mass is 32.1. The molecule has 3 N–H and O–H groups in total. The van der Waals surface area contributed by atoms with E-state index in [1.165, 1.54) is 13.0 Å². The van der Waals surface area contributed by atoms with Gasteiger partial charge in [0.05, 0.1) is 7.11 Å². The van der Waals surface area contributed by atoms with E-state index < -0.39 is 0 Å². The van der Waals surface area contributed by atoms with Gasteiger partial charge in [-0.05, 0) is 48.6 Å². The maximum Gasteiger partial charge on any atom is 0.250 e. The van der Waals surface area contributed by atoms with E-state index in [1.54, 1.807) is 37.5 Å². The highest BCUT2D eigenvalue weighted by Crippen LogP contribution is 2.18. The molecule has 0 saturated heterocycles. The molecule has 2 aromatic rings. The number of thiocarbonyl (C=S) groups is 1. The molecular weight excluding hydrogens is 350 g/mol. The fraction of sp³-hybridized carbons (Fsp3) is 0.105. The molecule has 2 rings (SSSR count). The third-order valence-corrected chi connectivity index (χ3v) is 3.46. The number of amides is 2. The van der Waals surface area contributed by atoms with Gasteiger partial charge in [0.25, 0.3) is 0 Å². The lowest BCUT2D eigenvalue weighted by Crippen LogP contribution is -2.32. The van der Waals surface area contributed by atoms with Crippen molar-refractivity contribution in [3.05, 3.63) is 60.2 Å². The van der Waals surface area contributed by atoms with Crippen LogP contribution in [0.3, 0.4) is 0 Å². The van der Waals surface area contributed by atoms with Gasteiger partial charge in [-0.2, -0.15) is 0 Å². The lowest BCUT2D eigenvalue weighted by atomic mass is 10.2. The van der Waals surface area contributed by atoms with E-state index in [1.807, 2.05) is 24.3 Å². The Labute approximate surface area is 157 Å². The van der Waals surface area contributed by atoms with Gasteiger partial charge in [0.15, 0.2) is 5.11 Å². The van der Waals surface area contributed by atoms with Crippen LogP contribution >= 0.6 is 12.2 Å². The highest BCUT2D eigenvalue weighted by molar-refractivity contribution is 7.80. The number of hydrogen-bond donors (Lipinski definition) is 3. The number of nitrogens with one attached hydrogen (secondary N) is 3. The Hall–Kier alpha value is -3.19. The minimum absolute atomic E-state index is 0.143. The van der Waals surface area contributed by atoms with Crippen molar-refractivity contribution in [1.29, 1.82) is 0 Å². The smallest absolute Gasteiger partial charge is 0.250 e. The molecule has 134 valence electrons. The predicted molar refractivity (Wildman–Crippen MR) is 107 cm³/mol. The fourth-order valence-electron chi connectivity index (χ4n) is 2.13. The minimum Gasteiger partial charge on any atom is -0.496 e. The van der Waals surface area contributed by atoms with E-state index in [-0.39, 0.29) is 16.9 Å². The second kappa shape index (κ2) is 9.33. The zero-order valence-electron chi connectivity index (χ0n) is 14.4. The SMILES string of the molecule is COc1ccccc1/C=C/C(=O)NC(=S)Nc1ccc(NC(C)=O)cc1. The highest BCUT2D eigenvalue weighted by Gasteiger charge is 2.03. The molecule has 26 heavy (non-hydrogen) atoms. The Morgan fingerprint density at radius 3 is 2.23 bits per heavy atom. The lowest BCUT2D eigenvalue weighted by Gasteiger charge is -2.09. The van der Waals surface area contributed by atoms with Crippen LogP contribution in [0.4, 0.5) is 11.4 Å². The van der Waals surface area contributed by atoms with E-state index >= 15 is 0 Å². The number of rotatable bonds is 5. The molecule has 0 aliphatic rings. The molecule has 0 fully saturated rings. The Kier molecular flexibility index (Phi) is 6.87. The zero-order chi connectivity index (χ0) is 18.9. The number of ether oxygens (including phenoxy) is 1. The fourth-order valence-corrected chi connectivity index (χ4v) is 2.34. The number of methoxy groups -OCH3 is 1. The van der Waals surface area contributed by atoms with Crippen molar-refractivity contribution < 1.29 is 14.3 Å². The molecule has 0 unspecified atom stereocenters. The molecule has 7 heteroatoms. The number of carbonyl (C=O) groups excluding carboxylic acids is 2. The summed E-state index contributed by atoms with van der Waals surface area (Å²) in [6.07, 6.45) is 3.03. The number of para-hydroxylation sites is 1. The summed E-state index contributed by atoms with van der Waals surface area (Å²) < 4.78 is 5.22. The topological polar surface area (TPSA) is 79.5 Å². The molecule has 0 aromatic heterocycles. The van der Waals surface area contributed by atoms with Crippen LogP contribution in [0.1, 0.15) is 12.5 Å². The van der Waals surface area contributed by atoms with Crippen LogP contribution in [0, 0.1) is 0 Å². The maximum atomic E-state index is 12.0. The molecule has 0 heterocycles. The Bertz CT molecular complexity index is 832.